The van der Waals surface area contributed by atoms with E-state index in [2.05, 4.69) is 15.0 Å². The van der Waals surface area contributed by atoms with Crippen LogP contribution < -0.4 is 5.73 Å². The molecule has 4 aromatic rings. The minimum atomic E-state index is -0.618. The van der Waals surface area contributed by atoms with Crippen molar-refractivity contribution in [2.75, 3.05) is 6.54 Å². The molecule has 2 aromatic heterocycles. The van der Waals surface area contributed by atoms with Gasteiger partial charge in [-0.2, -0.15) is 0 Å². The van der Waals surface area contributed by atoms with E-state index in [-0.39, 0.29) is 11.8 Å². The van der Waals surface area contributed by atoms with Gasteiger partial charge in [-0.15, -0.1) is 0 Å². The predicted octanol–water partition coefficient (Wildman–Crippen LogP) is 3.18. The quantitative estimate of drug-likeness (QED) is 0.512. The summed E-state index contributed by atoms with van der Waals surface area (Å²) in [4.78, 5) is 39.2. The Morgan fingerprint density at radius 3 is 2.59 bits per heavy atom. The number of aromatic nitrogens is 3. The molecular formula is C25H23N5O2. The first kappa shape index (κ1) is 19.9. The van der Waals surface area contributed by atoms with Crippen LogP contribution in [0.3, 0.4) is 0 Å². The Kier molecular flexibility index (Phi) is 5.15. The number of imidazole rings is 1. The van der Waals surface area contributed by atoms with Crippen molar-refractivity contribution in [2.24, 2.45) is 11.7 Å². The van der Waals surface area contributed by atoms with Crippen molar-refractivity contribution in [2.45, 2.75) is 18.9 Å². The number of rotatable bonds is 5. The SMILES string of the molecule is NC(=O)[C@@H]1C(Cc2ccccc2)CCN1C(=O)c1ccc2nc(-c3ccncc3)[nH]c2c1. The number of aromatic amines is 1. The van der Waals surface area contributed by atoms with E-state index in [9.17, 15) is 9.59 Å². The number of fused-ring (bicyclic) bond motifs is 1. The van der Waals surface area contributed by atoms with Gasteiger partial charge in [-0.05, 0) is 54.7 Å². The molecule has 1 fully saturated rings. The first-order valence-corrected chi connectivity index (χ1v) is 10.6. The summed E-state index contributed by atoms with van der Waals surface area (Å²) in [6.45, 7) is 0.507. The highest BCUT2D eigenvalue weighted by molar-refractivity contribution is 6.00. The molecule has 0 spiro atoms. The topological polar surface area (TPSA) is 105 Å². The number of likely N-dealkylation sites (tertiary alicyclic amines) is 1. The Hall–Kier alpha value is -4.00. The van der Waals surface area contributed by atoms with Crippen molar-refractivity contribution in [1.29, 1.82) is 0 Å². The first-order chi connectivity index (χ1) is 15.6. The van der Waals surface area contributed by atoms with E-state index in [0.717, 1.165) is 28.6 Å². The van der Waals surface area contributed by atoms with E-state index in [1.54, 1.807) is 29.4 Å². The van der Waals surface area contributed by atoms with Crippen LogP contribution >= 0.6 is 0 Å². The minimum absolute atomic E-state index is 0.00743. The Morgan fingerprint density at radius 1 is 1.06 bits per heavy atom. The molecule has 2 atom stereocenters. The molecule has 32 heavy (non-hydrogen) atoms. The third kappa shape index (κ3) is 3.73. The molecule has 0 saturated carbocycles. The number of primary amides is 1. The van der Waals surface area contributed by atoms with E-state index < -0.39 is 11.9 Å². The van der Waals surface area contributed by atoms with Crippen molar-refractivity contribution in [1.82, 2.24) is 19.9 Å². The second kappa shape index (κ2) is 8.26. The zero-order chi connectivity index (χ0) is 22.1. The number of benzene rings is 2. The van der Waals surface area contributed by atoms with Crippen molar-refractivity contribution < 1.29 is 9.59 Å². The molecule has 7 heteroatoms. The van der Waals surface area contributed by atoms with Gasteiger partial charge in [-0.3, -0.25) is 14.6 Å². The normalized spacial score (nSPS) is 18.2. The molecule has 5 rings (SSSR count). The summed E-state index contributed by atoms with van der Waals surface area (Å²) in [6.07, 6.45) is 4.88. The van der Waals surface area contributed by atoms with Crippen LogP contribution in [-0.2, 0) is 11.2 Å². The number of carbonyl (C=O) groups excluding carboxylic acids is 2. The lowest BCUT2D eigenvalue weighted by Gasteiger charge is -2.26. The van der Waals surface area contributed by atoms with Crippen LogP contribution in [0.15, 0.2) is 73.1 Å². The van der Waals surface area contributed by atoms with E-state index >= 15 is 0 Å². The lowest BCUT2D eigenvalue weighted by molar-refractivity contribution is -0.122. The monoisotopic (exact) mass is 425 g/mol. The summed E-state index contributed by atoms with van der Waals surface area (Å²) in [5.74, 6) is 0.0739. The summed E-state index contributed by atoms with van der Waals surface area (Å²) in [5.41, 5.74) is 9.85. The molecule has 1 saturated heterocycles. The number of nitrogens with zero attached hydrogens (tertiary/aromatic N) is 3. The molecule has 0 aliphatic carbocycles. The fourth-order valence-corrected chi connectivity index (χ4v) is 4.56. The molecule has 3 heterocycles. The second-order valence-electron chi connectivity index (χ2n) is 8.14. The second-order valence-corrected chi connectivity index (χ2v) is 8.14. The molecule has 0 radical (unpaired) electrons. The molecule has 160 valence electrons. The molecule has 1 unspecified atom stereocenters. The van der Waals surface area contributed by atoms with E-state index in [1.165, 1.54) is 0 Å². The standard InChI is InChI=1S/C25H23N5O2/c26-23(31)22-18(14-16-4-2-1-3-5-16)10-13-30(22)25(32)19-6-7-20-21(15-19)29-24(28-20)17-8-11-27-12-9-17/h1-9,11-12,15,18,22H,10,13-14H2,(H2,26,31)(H,28,29)/t18?,22-/m0/s1. The fourth-order valence-electron chi connectivity index (χ4n) is 4.56. The fraction of sp³-hybridized carbons (Fsp3) is 0.200. The van der Waals surface area contributed by atoms with Crippen molar-refractivity contribution >= 4 is 22.8 Å². The Balaban J connectivity index is 1.40. The maximum absolute atomic E-state index is 13.4. The van der Waals surface area contributed by atoms with Crippen LogP contribution in [0.2, 0.25) is 0 Å². The van der Waals surface area contributed by atoms with Crippen LogP contribution in [0.4, 0.5) is 0 Å². The van der Waals surface area contributed by atoms with Gasteiger partial charge in [0, 0.05) is 30.1 Å². The van der Waals surface area contributed by atoms with E-state index in [0.29, 0.717) is 24.4 Å². The number of H-pyrrole nitrogens is 1. The van der Waals surface area contributed by atoms with Crippen LogP contribution in [-0.4, -0.2) is 44.3 Å². The van der Waals surface area contributed by atoms with Crippen LogP contribution in [0, 0.1) is 5.92 Å². The minimum Gasteiger partial charge on any atom is -0.368 e. The summed E-state index contributed by atoms with van der Waals surface area (Å²) in [5, 5.41) is 0. The van der Waals surface area contributed by atoms with Gasteiger partial charge < -0.3 is 15.6 Å². The van der Waals surface area contributed by atoms with E-state index in [1.807, 2.05) is 48.5 Å². The van der Waals surface area contributed by atoms with Crippen molar-refractivity contribution in [3.05, 3.63) is 84.2 Å². The highest BCUT2D eigenvalue weighted by Gasteiger charge is 2.40. The number of amides is 2. The molecule has 0 bridgehead atoms. The zero-order valence-electron chi connectivity index (χ0n) is 17.4. The largest absolute Gasteiger partial charge is 0.368 e. The first-order valence-electron chi connectivity index (χ1n) is 10.6. The van der Waals surface area contributed by atoms with Gasteiger partial charge in [0.2, 0.25) is 5.91 Å². The molecule has 7 nitrogen and oxygen atoms in total. The van der Waals surface area contributed by atoms with Gasteiger partial charge in [-0.1, -0.05) is 30.3 Å². The Labute approximate surface area is 185 Å². The van der Waals surface area contributed by atoms with Crippen molar-refractivity contribution in [3.8, 4) is 11.4 Å². The number of pyridine rings is 1. The smallest absolute Gasteiger partial charge is 0.254 e. The van der Waals surface area contributed by atoms with Gasteiger partial charge in [0.05, 0.1) is 11.0 Å². The molecule has 2 aromatic carbocycles. The molecule has 1 aliphatic rings. The highest BCUT2D eigenvalue weighted by Crippen LogP contribution is 2.30. The number of hydrogen-bond acceptors (Lipinski definition) is 4. The zero-order valence-corrected chi connectivity index (χ0v) is 17.4. The van der Waals surface area contributed by atoms with Crippen molar-refractivity contribution in [3.63, 3.8) is 0 Å². The lowest BCUT2D eigenvalue weighted by Crippen LogP contribution is -2.47. The third-order valence-electron chi connectivity index (χ3n) is 6.10. The maximum Gasteiger partial charge on any atom is 0.254 e. The molecule has 1 aliphatic heterocycles. The predicted molar refractivity (Wildman–Crippen MR) is 122 cm³/mol. The Morgan fingerprint density at radius 2 is 1.84 bits per heavy atom. The van der Waals surface area contributed by atoms with Crippen LogP contribution in [0.1, 0.15) is 22.3 Å². The number of nitrogens with one attached hydrogen (secondary N) is 1. The molecule has 3 N–H and O–H groups in total. The number of hydrogen-bond donors (Lipinski definition) is 2. The van der Waals surface area contributed by atoms with Crippen LogP contribution in [0.25, 0.3) is 22.4 Å². The summed E-state index contributed by atoms with van der Waals surface area (Å²) in [6, 6.07) is 18.5. The number of carbonyl (C=O) groups is 2. The number of nitrogens with two attached hydrogens (primary N) is 1. The average Bonchev–Trinajstić information content (AvgIpc) is 3.44. The highest BCUT2D eigenvalue weighted by atomic mass is 16.2. The van der Waals surface area contributed by atoms with E-state index in [4.69, 9.17) is 5.73 Å². The summed E-state index contributed by atoms with van der Waals surface area (Å²) < 4.78 is 0. The molecular weight excluding hydrogens is 402 g/mol. The Bertz CT molecular complexity index is 1270. The van der Waals surface area contributed by atoms with Gasteiger partial charge in [0.15, 0.2) is 0 Å². The van der Waals surface area contributed by atoms with Gasteiger partial charge in [0.25, 0.3) is 5.91 Å². The average molecular weight is 425 g/mol. The lowest BCUT2D eigenvalue weighted by atomic mass is 9.92. The summed E-state index contributed by atoms with van der Waals surface area (Å²) >= 11 is 0. The summed E-state index contributed by atoms with van der Waals surface area (Å²) in [7, 11) is 0. The molecule has 2 amide bonds. The van der Waals surface area contributed by atoms with Gasteiger partial charge in [0.1, 0.15) is 11.9 Å². The maximum atomic E-state index is 13.4. The van der Waals surface area contributed by atoms with Crippen LogP contribution in [0.5, 0.6) is 0 Å². The van der Waals surface area contributed by atoms with Gasteiger partial charge >= 0.3 is 0 Å². The third-order valence-corrected chi connectivity index (χ3v) is 6.10. The van der Waals surface area contributed by atoms with Gasteiger partial charge in [-0.25, -0.2) is 4.98 Å².